The standard InChI is InChI=1S/C31H36N4O8/c1-20-8-5-6-10-23(20)33-31(40)34-24-13-12-21(16-26(24)42-3)17-27(36)32-18-28(37)35(15-14-29(38)39)19-22-9-7-11-25(41-2)30(22)43-4/h5-13,16H,14-15,17-19H2,1-4H3,(H,32,36)(H,38,39)(H2,33,34,40). The predicted molar refractivity (Wildman–Crippen MR) is 161 cm³/mol. The number of carbonyl (C=O) groups excluding carboxylic acids is 3. The van der Waals surface area contributed by atoms with Gasteiger partial charge in [0.1, 0.15) is 5.75 Å². The number of aliphatic carboxylic acids is 1. The Kier molecular flexibility index (Phi) is 11.7. The third-order valence-corrected chi connectivity index (χ3v) is 6.50. The maximum absolute atomic E-state index is 13.1. The molecule has 3 aromatic rings. The molecule has 4 N–H and O–H groups in total. The van der Waals surface area contributed by atoms with Crippen LogP contribution >= 0.6 is 0 Å². The number of carbonyl (C=O) groups is 4. The first-order valence-electron chi connectivity index (χ1n) is 13.4. The zero-order valence-corrected chi connectivity index (χ0v) is 24.6. The molecule has 228 valence electrons. The zero-order valence-electron chi connectivity index (χ0n) is 24.6. The van der Waals surface area contributed by atoms with Gasteiger partial charge in [-0.05, 0) is 42.3 Å². The van der Waals surface area contributed by atoms with Crippen LogP contribution in [-0.2, 0) is 27.3 Å². The summed E-state index contributed by atoms with van der Waals surface area (Å²) in [6, 6.07) is 17.0. The molecule has 0 saturated carbocycles. The number of carboxylic acid groups (broad SMARTS) is 1. The molecule has 43 heavy (non-hydrogen) atoms. The Morgan fingerprint density at radius 2 is 1.56 bits per heavy atom. The molecule has 12 nitrogen and oxygen atoms in total. The highest BCUT2D eigenvalue weighted by atomic mass is 16.5. The van der Waals surface area contributed by atoms with E-state index in [4.69, 9.17) is 14.2 Å². The fraction of sp³-hybridized carbons (Fsp3) is 0.290. The number of aryl methyl sites for hydroxylation is 1. The van der Waals surface area contributed by atoms with Gasteiger partial charge in [-0.15, -0.1) is 0 Å². The highest BCUT2D eigenvalue weighted by Gasteiger charge is 2.20. The van der Waals surface area contributed by atoms with E-state index in [0.717, 1.165) is 5.56 Å². The molecular weight excluding hydrogens is 556 g/mol. The third-order valence-electron chi connectivity index (χ3n) is 6.50. The SMILES string of the molecule is COc1cc(CC(=O)NCC(=O)N(CCC(=O)O)Cc2cccc(OC)c2OC)ccc1NC(=O)Nc1ccccc1C. The van der Waals surface area contributed by atoms with Crippen LogP contribution in [0.4, 0.5) is 16.2 Å². The molecule has 0 radical (unpaired) electrons. The van der Waals surface area contributed by atoms with Crippen LogP contribution in [0.1, 0.15) is 23.1 Å². The fourth-order valence-corrected chi connectivity index (χ4v) is 4.28. The minimum atomic E-state index is -1.06. The average Bonchev–Trinajstić information content (AvgIpc) is 2.99. The maximum atomic E-state index is 13.1. The van der Waals surface area contributed by atoms with Gasteiger partial charge in [-0.3, -0.25) is 14.4 Å². The number of hydrogen-bond donors (Lipinski definition) is 4. The van der Waals surface area contributed by atoms with Gasteiger partial charge in [0.05, 0.1) is 46.4 Å². The average molecular weight is 593 g/mol. The maximum Gasteiger partial charge on any atom is 0.323 e. The van der Waals surface area contributed by atoms with Crippen LogP contribution in [0.2, 0.25) is 0 Å². The van der Waals surface area contributed by atoms with Crippen LogP contribution in [0.3, 0.4) is 0 Å². The largest absolute Gasteiger partial charge is 0.495 e. The second-order valence-corrected chi connectivity index (χ2v) is 9.49. The van der Waals surface area contributed by atoms with E-state index in [1.165, 1.54) is 26.2 Å². The van der Waals surface area contributed by atoms with Crippen LogP contribution in [0, 0.1) is 6.92 Å². The van der Waals surface area contributed by atoms with E-state index in [-0.39, 0.29) is 32.5 Å². The summed E-state index contributed by atoms with van der Waals surface area (Å²) in [5.41, 5.74) is 3.21. The normalized spacial score (nSPS) is 10.3. The summed E-state index contributed by atoms with van der Waals surface area (Å²) in [5.74, 6) is -0.682. The van der Waals surface area contributed by atoms with Gasteiger partial charge in [0.15, 0.2) is 11.5 Å². The number of nitrogens with one attached hydrogen (secondary N) is 3. The summed E-state index contributed by atoms with van der Waals surface area (Å²) in [6.07, 6.45) is -0.326. The molecule has 0 spiro atoms. The highest BCUT2D eigenvalue weighted by Crippen LogP contribution is 2.31. The van der Waals surface area contributed by atoms with Crippen molar-refractivity contribution in [1.82, 2.24) is 10.2 Å². The molecule has 0 unspecified atom stereocenters. The van der Waals surface area contributed by atoms with Gasteiger partial charge < -0.3 is 40.2 Å². The second kappa shape index (κ2) is 15.7. The van der Waals surface area contributed by atoms with Crippen molar-refractivity contribution in [1.29, 1.82) is 0 Å². The van der Waals surface area contributed by atoms with E-state index in [1.54, 1.807) is 42.5 Å². The second-order valence-electron chi connectivity index (χ2n) is 9.49. The molecule has 12 heteroatoms. The Morgan fingerprint density at radius 3 is 2.23 bits per heavy atom. The van der Waals surface area contributed by atoms with Crippen LogP contribution in [0.15, 0.2) is 60.7 Å². The number of carboxylic acids is 1. The number of ether oxygens (including phenoxy) is 3. The smallest absolute Gasteiger partial charge is 0.323 e. The van der Waals surface area contributed by atoms with E-state index in [1.807, 2.05) is 25.1 Å². The van der Waals surface area contributed by atoms with E-state index in [9.17, 15) is 24.3 Å². The van der Waals surface area contributed by atoms with E-state index in [2.05, 4.69) is 16.0 Å². The molecule has 4 amide bonds. The number of amides is 4. The van der Waals surface area contributed by atoms with Crippen LogP contribution in [-0.4, -0.2) is 68.2 Å². The number of hydrogen-bond acceptors (Lipinski definition) is 7. The topological polar surface area (TPSA) is 156 Å². The van der Waals surface area contributed by atoms with Gasteiger partial charge >= 0.3 is 12.0 Å². The van der Waals surface area contributed by atoms with Crippen molar-refractivity contribution in [2.75, 3.05) is 45.1 Å². The van der Waals surface area contributed by atoms with E-state index >= 15 is 0 Å². The van der Waals surface area contributed by atoms with Gasteiger partial charge in [-0.25, -0.2) is 4.79 Å². The number of nitrogens with zero attached hydrogens (tertiary/aromatic N) is 1. The summed E-state index contributed by atoms with van der Waals surface area (Å²) < 4.78 is 16.2. The van der Waals surface area contributed by atoms with Crippen molar-refractivity contribution in [2.24, 2.45) is 0 Å². The molecule has 3 rings (SSSR count). The number of urea groups is 1. The quantitative estimate of drug-likeness (QED) is 0.220. The molecule has 0 heterocycles. The molecule has 3 aromatic carbocycles. The number of methoxy groups -OCH3 is 3. The minimum Gasteiger partial charge on any atom is -0.495 e. The van der Waals surface area contributed by atoms with Crippen LogP contribution in [0.5, 0.6) is 17.2 Å². The van der Waals surface area contributed by atoms with Crippen LogP contribution in [0.25, 0.3) is 0 Å². The summed E-state index contributed by atoms with van der Waals surface area (Å²) in [6.45, 7) is 1.55. The summed E-state index contributed by atoms with van der Waals surface area (Å²) >= 11 is 0. The summed E-state index contributed by atoms with van der Waals surface area (Å²) in [4.78, 5) is 50.8. The highest BCUT2D eigenvalue weighted by molar-refractivity contribution is 6.01. The van der Waals surface area contributed by atoms with Gasteiger partial charge in [-0.2, -0.15) is 0 Å². The molecule has 0 atom stereocenters. The van der Waals surface area contributed by atoms with Crippen molar-refractivity contribution in [3.8, 4) is 17.2 Å². The lowest BCUT2D eigenvalue weighted by atomic mass is 10.1. The molecule has 0 aromatic heterocycles. The Balaban J connectivity index is 1.61. The Labute approximate surface area is 249 Å². The molecule has 0 saturated heterocycles. The number of para-hydroxylation sites is 2. The van der Waals surface area contributed by atoms with Gasteiger partial charge in [0.2, 0.25) is 11.8 Å². The van der Waals surface area contributed by atoms with Gasteiger partial charge in [0.25, 0.3) is 0 Å². The first-order chi connectivity index (χ1) is 20.6. The van der Waals surface area contributed by atoms with E-state index < -0.39 is 23.8 Å². The van der Waals surface area contributed by atoms with Crippen molar-refractivity contribution in [3.05, 3.63) is 77.4 Å². The van der Waals surface area contributed by atoms with E-state index in [0.29, 0.717) is 39.8 Å². The number of anilines is 2. The third kappa shape index (κ3) is 9.38. The van der Waals surface area contributed by atoms with Crippen molar-refractivity contribution in [2.45, 2.75) is 26.3 Å². The molecule has 0 bridgehead atoms. The first kappa shape index (κ1) is 32.3. The van der Waals surface area contributed by atoms with Crippen molar-refractivity contribution in [3.63, 3.8) is 0 Å². The number of benzene rings is 3. The van der Waals surface area contributed by atoms with Gasteiger partial charge in [-0.1, -0.05) is 36.4 Å². The Bertz CT molecular complexity index is 1460. The fourth-order valence-electron chi connectivity index (χ4n) is 4.28. The Hall–Kier alpha value is -5.26. The van der Waals surface area contributed by atoms with Crippen LogP contribution < -0.4 is 30.2 Å². The molecule has 0 aliphatic heterocycles. The lowest BCUT2D eigenvalue weighted by molar-refractivity contribution is -0.139. The first-order valence-corrected chi connectivity index (χ1v) is 13.4. The number of rotatable bonds is 14. The molecule has 0 aliphatic carbocycles. The summed E-state index contributed by atoms with van der Waals surface area (Å²) in [7, 11) is 4.42. The molecule has 0 aliphatic rings. The molecular formula is C31H36N4O8. The predicted octanol–water partition coefficient (Wildman–Crippen LogP) is 3.83. The Morgan fingerprint density at radius 1 is 0.837 bits per heavy atom. The zero-order chi connectivity index (χ0) is 31.4. The van der Waals surface area contributed by atoms with Crippen molar-refractivity contribution >= 4 is 35.2 Å². The monoisotopic (exact) mass is 592 g/mol. The lowest BCUT2D eigenvalue weighted by Crippen LogP contribution is -2.41. The lowest BCUT2D eigenvalue weighted by Gasteiger charge is -2.24. The van der Waals surface area contributed by atoms with Gasteiger partial charge in [0, 0.05) is 24.3 Å². The summed E-state index contributed by atoms with van der Waals surface area (Å²) in [5, 5.41) is 17.3. The van der Waals surface area contributed by atoms with Crippen molar-refractivity contribution < 1.29 is 38.5 Å². The molecule has 0 fully saturated rings. The minimum absolute atomic E-state index is 0.0574.